The Morgan fingerprint density at radius 3 is 1.35 bits per heavy atom. The van der Waals surface area contributed by atoms with E-state index in [-0.39, 0.29) is 0 Å². The molecular weight excluding hydrogens is 669 g/mol. The number of hydrogen-bond donors (Lipinski definition) is 0. The molecule has 0 radical (unpaired) electrons. The molecule has 2 aromatic heterocycles. The molecule has 0 saturated heterocycles. The standard InChI is InChI=1S/C51H32N4/c1-3-16-33(17-4-1)35-20-15-21-36(30-35)50-52-49(34-18-5-2-6-19-34)53-51(54-50)37-31-44-40-24-8-7-22-38(40)39-23-9-10-27-43(39)48(44)47(32-37)55-45-28-13-11-25-41(45)42-26-12-14-29-46(42)55/h1-32H. The Hall–Kier alpha value is -7.43. The van der Waals surface area contributed by atoms with Crippen molar-refractivity contribution in [2.24, 2.45) is 0 Å². The normalized spacial score (nSPS) is 11.6. The number of nitrogens with zero attached hydrogens (tertiary/aromatic N) is 4. The molecule has 2 heterocycles. The lowest BCUT2D eigenvalue weighted by Crippen LogP contribution is -2.02. The van der Waals surface area contributed by atoms with Crippen molar-refractivity contribution in [1.82, 2.24) is 19.5 Å². The maximum Gasteiger partial charge on any atom is 0.164 e. The summed E-state index contributed by atoms with van der Waals surface area (Å²) in [5, 5.41) is 9.62. The Kier molecular flexibility index (Phi) is 7.14. The van der Waals surface area contributed by atoms with Crippen LogP contribution in [0.15, 0.2) is 194 Å². The van der Waals surface area contributed by atoms with Gasteiger partial charge in [0.2, 0.25) is 0 Å². The third-order valence-corrected chi connectivity index (χ3v) is 10.8. The molecule has 0 aliphatic heterocycles. The van der Waals surface area contributed by atoms with Crippen molar-refractivity contribution in [3.63, 3.8) is 0 Å². The van der Waals surface area contributed by atoms with E-state index in [9.17, 15) is 0 Å². The molecule has 0 amide bonds. The predicted octanol–water partition coefficient (Wildman–Crippen LogP) is 13.1. The van der Waals surface area contributed by atoms with Gasteiger partial charge in [-0.15, -0.1) is 0 Å². The summed E-state index contributed by atoms with van der Waals surface area (Å²) in [4.78, 5) is 15.7. The van der Waals surface area contributed by atoms with E-state index in [1.165, 1.54) is 37.7 Å². The van der Waals surface area contributed by atoms with Gasteiger partial charge < -0.3 is 4.57 Å². The van der Waals surface area contributed by atoms with Crippen LogP contribution in [0.3, 0.4) is 0 Å². The van der Waals surface area contributed by atoms with Crippen molar-refractivity contribution >= 4 is 54.1 Å². The average molecular weight is 701 g/mol. The Morgan fingerprint density at radius 1 is 0.273 bits per heavy atom. The van der Waals surface area contributed by atoms with Gasteiger partial charge in [-0.1, -0.05) is 164 Å². The Balaban J connectivity index is 1.26. The number of fused-ring (bicyclic) bond motifs is 9. The van der Waals surface area contributed by atoms with Crippen LogP contribution in [0, 0.1) is 0 Å². The highest BCUT2D eigenvalue weighted by Gasteiger charge is 2.21. The SMILES string of the molecule is c1ccc(-c2cccc(-c3nc(-c4ccccc4)nc(-c4cc(-n5c6ccccc6c6ccccc65)c5c6ccccc6c6ccccc6c5c4)n3)c2)cc1. The Labute approximate surface area is 317 Å². The second-order valence-electron chi connectivity index (χ2n) is 14.0. The first kappa shape index (κ1) is 31.1. The summed E-state index contributed by atoms with van der Waals surface area (Å²) in [6.45, 7) is 0. The molecule has 0 unspecified atom stereocenters. The molecule has 55 heavy (non-hydrogen) atoms. The summed E-state index contributed by atoms with van der Waals surface area (Å²) in [7, 11) is 0. The molecule has 0 saturated carbocycles. The molecule has 0 spiro atoms. The van der Waals surface area contributed by atoms with Crippen LogP contribution in [-0.2, 0) is 0 Å². The van der Waals surface area contributed by atoms with Crippen LogP contribution < -0.4 is 0 Å². The molecule has 0 aliphatic carbocycles. The fourth-order valence-corrected chi connectivity index (χ4v) is 8.32. The van der Waals surface area contributed by atoms with E-state index >= 15 is 0 Å². The molecule has 0 bridgehead atoms. The van der Waals surface area contributed by atoms with Gasteiger partial charge in [0.15, 0.2) is 17.5 Å². The molecular formula is C51H32N4. The van der Waals surface area contributed by atoms with Gasteiger partial charge >= 0.3 is 0 Å². The van der Waals surface area contributed by atoms with E-state index < -0.39 is 0 Å². The molecule has 0 atom stereocenters. The highest BCUT2D eigenvalue weighted by Crippen LogP contribution is 2.43. The Bertz CT molecular complexity index is 3200. The molecule has 0 aliphatic rings. The van der Waals surface area contributed by atoms with Crippen LogP contribution in [0.5, 0.6) is 0 Å². The zero-order valence-corrected chi connectivity index (χ0v) is 29.8. The van der Waals surface area contributed by atoms with Crippen LogP contribution >= 0.6 is 0 Å². The minimum absolute atomic E-state index is 0.620. The maximum atomic E-state index is 5.30. The average Bonchev–Trinajstić information content (AvgIpc) is 3.61. The Morgan fingerprint density at radius 2 is 0.709 bits per heavy atom. The zero-order valence-electron chi connectivity index (χ0n) is 29.8. The van der Waals surface area contributed by atoms with Crippen LogP contribution in [0.1, 0.15) is 0 Å². The smallest absolute Gasteiger partial charge is 0.164 e. The van der Waals surface area contributed by atoms with Gasteiger partial charge in [-0.05, 0) is 68.4 Å². The van der Waals surface area contributed by atoms with Gasteiger partial charge in [0, 0.05) is 32.8 Å². The largest absolute Gasteiger partial charge is 0.309 e. The van der Waals surface area contributed by atoms with E-state index in [1.54, 1.807) is 0 Å². The summed E-state index contributed by atoms with van der Waals surface area (Å²) in [6, 6.07) is 68.6. The molecule has 0 fully saturated rings. The van der Waals surface area contributed by atoms with Gasteiger partial charge in [-0.3, -0.25) is 0 Å². The quantitative estimate of drug-likeness (QED) is 0.168. The number of benzene rings is 9. The van der Waals surface area contributed by atoms with Gasteiger partial charge in [0.1, 0.15) is 0 Å². The van der Waals surface area contributed by atoms with Crippen LogP contribution in [0.2, 0.25) is 0 Å². The van der Waals surface area contributed by atoms with Gasteiger partial charge in [0.05, 0.1) is 16.7 Å². The molecule has 9 aromatic carbocycles. The third kappa shape index (κ3) is 5.11. The minimum atomic E-state index is 0.620. The van der Waals surface area contributed by atoms with Crippen LogP contribution in [0.4, 0.5) is 0 Å². The van der Waals surface area contributed by atoms with Gasteiger partial charge in [0.25, 0.3) is 0 Å². The summed E-state index contributed by atoms with van der Waals surface area (Å²) in [5.74, 6) is 1.88. The van der Waals surface area contributed by atoms with Gasteiger partial charge in [-0.25, -0.2) is 15.0 Å². The second kappa shape index (κ2) is 12.6. The van der Waals surface area contributed by atoms with Crippen molar-refractivity contribution in [1.29, 1.82) is 0 Å². The van der Waals surface area contributed by atoms with Crippen molar-refractivity contribution in [3.8, 4) is 51.0 Å². The first-order valence-electron chi connectivity index (χ1n) is 18.6. The molecule has 11 rings (SSSR count). The summed E-state index contributed by atoms with van der Waals surface area (Å²) in [5.41, 5.74) is 8.43. The highest BCUT2D eigenvalue weighted by atomic mass is 15.0. The van der Waals surface area contributed by atoms with Crippen molar-refractivity contribution in [3.05, 3.63) is 194 Å². The number of para-hydroxylation sites is 2. The number of hydrogen-bond acceptors (Lipinski definition) is 3. The zero-order chi connectivity index (χ0) is 36.3. The first-order chi connectivity index (χ1) is 27.3. The molecule has 4 heteroatoms. The van der Waals surface area contributed by atoms with E-state index in [0.717, 1.165) is 49.9 Å². The van der Waals surface area contributed by atoms with Crippen molar-refractivity contribution in [2.75, 3.05) is 0 Å². The van der Waals surface area contributed by atoms with E-state index in [4.69, 9.17) is 15.0 Å². The molecule has 0 N–H and O–H groups in total. The summed E-state index contributed by atoms with van der Waals surface area (Å²) >= 11 is 0. The lowest BCUT2D eigenvalue weighted by atomic mass is 9.91. The predicted molar refractivity (Wildman–Crippen MR) is 228 cm³/mol. The molecule has 4 nitrogen and oxygen atoms in total. The maximum absolute atomic E-state index is 5.30. The van der Waals surface area contributed by atoms with E-state index in [1.807, 2.05) is 24.3 Å². The van der Waals surface area contributed by atoms with Crippen LogP contribution in [0.25, 0.3) is 105 Å². The third-order valence-electron chi connectivity index (χ3n) is 10.8. The topological polar surface area (TPSA) is 43.6 Å². The molecule has 256 valence electrons. The number of aromatic nitrogens is 4. The lowest BCUT2D eigenvalue weighted by Gasteiger charge is -2.18. The van der Waals surface area contributed by atoms with Crippen LogP contribution in [-0.4, -0.2) is 19.5 Å². The fraction of sp³-hybridized carbons (Fsp3) is 0. The van der Waals surface area contributed by atoms with E-state index in [2.05, 4.69) is 174 Å². The van der Waals surface area contributed by atoms with Gasteiger partial charge in [-0.2, -0.15) is 0 Å². The number of rotatable bonds is 5. The lowest BCUT2D eigenvalue weighted by molar-refractivity contribution is 1.07. The van der Waals surface area contributed by atoms with Crippen molar-refractivity contribution < 1.29 is 0 Å². The second-order valence-corrected chi connectivity index (χ2v) is 14.0. The van der Waals surface area contributed by atoms with Crippen molar-refractivity contribution in [2.45, 2.75) is 0 Å². The summed E-state index contributed by atoms with van der Waals surface area (Å²) in [6.07, 6.45) is 0. The van der Waals surface area contributed by atoms with E-state index in [0.29, 0.717) is 17.5 Å². The molecule has 11 aromatic rings. The first-order valence-corrected chi connectivity index (χ1v) is 18.6. The fourth-order valence-electron chi connectivity index (χ4n) is 8.32. The minimum Gasteiger partial charge on any atom is -0.309 e. The summed E-state index contributed by atoms with van der Waals surface area (Å²) < 4.78 is 2.43. The monoisotopic (exact) mass is 700 g/mol. The highest BCUT2D eigenvalue weighted by molar-refractivity contribution is 6.28.